The summed E-state index contributed by atoms with van der Waals surface area (Å²) in [5, 5.41) is 0. The lowest BCUT2D eigenvalue weighted by Crippen LogP contribution is -2.40. The molecule has 5 heteroatoms. The molecule has 0 spiro atoms. The van der Waals surface area contributed by atoms with Gasteiger partial charge in [0.05, 0.1) is 6.54 Å². The lowest BCUT2D eigenvalue weighted by atomic mass is 9.94. The van der Waals surface area contributed by atoms with Crippen molar-refractivity contribution in [2.45, 2.75) is 25.2 Å². The standard InChI is InChI=1S/C19H22FN3O/c20-17-8-2-1-5-14(17)11-16-7-3-9-18(22-16)15-6-4-10-23(12-15)13-19(21)24/h1-3,5,7-9,15H,4,6,10-13H2,(H2,21,24)/t15-/m1/s1. The Bertz CT molecular complexity index is 719. The summed E-state index contributed by atoms with van der Waals surface area (Å²) in [6, 6.07) is 12.7. The predicted octanol–water partition coefficient (Wildman–Crippen LogP) is 2.48. The van der Waals surface area contributed by atoms with E-state index >= 15 is 0 Å². The second-order valence-corrected chi connectivity index (χ2v) is 6.36. The molecule has 1 aromatic carbocycles. The zero-order chi connectivity index (χ0) is 16.9. The minimum absolute atomic E-state index is 0.199. The molecule has 1 fully saturated rings. The first-order chi connectivity index (χ1) is 11.6. The maximum absolute atomic E-state index is 13.8. The summed E-state index contributed by atoms with van der Waals surface area (Å²) in [4.78, 5) is 18.0. The number of hydrogen-bond acceptors (Lipinski definition) is 3. The molecule has 1 saturated heterocycles. The van der Waals surface area contributed by atoms with Gasteiger partial charge in [0.1, 0.15) is 5.82 Å². The van der Waals surface area contributed by atoms with E-state index in [-0.39, 0.29) is 11.7 Å². The van der Waals surface area contributed by atoms with E-state index in [0.29, 0.717) is 24.4 Å². The van der Waals surface area contributed by atoms with E-state index in [1.807, 2.05) is 24.3 Å². The highest BCUT2D eigenvalue weighted by Crippen LogP contribution is 2.26. The van der Waals surface area contributed by atoms with Crippen molar-refractivity contribution in [3.63, 3.8) is 0 Å². The Hall–Kier alpha value is -2.27. The highest BCUT2D eigenvalue weighted by atomic mass is 19.1. The molecule has 1 aromatic heterocycles. The molecule has 0 unspecified atom stereocenters. The first-order valence-electron chi connectivity index (χ1n) is 8.31. The number of benzene rings is 1. The number of halogens is 1. The van der Waals surface area contributed by atoms with Crippen molar-refractivity contribution in [2.75, 3.05) is 19.6 Å². The lowest BCUT2D eigenvalue weighted by molar-refractivity contribution is -0.119. The molecular weight excluding hydrogens is 305 g/mol. The summed E-state index contributed by atoms with van der Waals surface area (Å²) in [6.07, 6.45) is 2.56. The predicted molar refractivity (Wildman–Crippen MR) is 91.1 cm³/mol. The van der Waals surface area contributed by atoms with Crippen LogP contribution < -0.4 is 5.73 Å². The molecule has 2 aromatic rings. The summed E-state index contributed by atoms with van der Waals surface area (Å²) >= 11 is 0. The number of rotatable bonds is 5. The van der Waals surface area contributed by atoms with Gasteiger partial charge in [-0.15, -0.1) is 0 Å². The van der Waals surface area contributed by atoms with Gasteiger partial charge in [0.15, 0.2) is 0 Å². The molecule has 1 atom stereocenters. The SMILES string of the molecule is NC(=O)CN1CCC[C@@H](c2cccc(Cc3ccccc3F)n2)C1. The minimum Gasteiger partial charge on any atom is -0.369 e. The van der Waals surface area contributed by atoms with Crippen LogP contribution in [0.1, 0.15) is 35.7 Å². The van der Waals surface area contributed by atoms with Crippen LogP contribution in [-0.4, -0.2) is 35.4 Å². The van der Waals surface area contributed by atoms with Gasteiger partial charge in [-0.1, -0.05) is 24.3 Å². The number of carbonyl (C=O) groups is 1. The van der Waals surface area contributed by atoms with Gasteiger partial charge in [0.2, 0.25) is 5.91 Å². The summed E-state index contributed by atoms with van der Waals surface area (Å²) in [5.74, 6) is -0.203. The number of nitrogens with zero attached hydrogens (tertiary/aromatic N) is 2. The number of aromatic nitrogens is 1. The van der Waals surface area contributed by atoms with E-state index in [1.165, 1.54) is 6.07 Å². The smallest absolute Gasteiger partial charge is 0.231 e. The van der Waals surface area contributed by atoms with Gasteiger partial charge < -0.3 is 5.73 Å². The van der Waals surface area contributed by atoms with Crippen molar-refractivity contribution >= 4 is 5.91 Å². The van der Waals surface area contributed by atoms with Crippen molar-refractivity contribution in [3.05, 3.63) is 65.2 Å². The van der Waals surface area contributed by atoms with Gasteiger partial charge in [-0.3, -0.25) is 14.7 Å². The van der Waals surface area contributed by atoms with Crippen molar-refractivity contribution in [2.24, 2.45) is 5.73 Å². The van der Waals surface area contributed by atoms with Crippen LogP contribution in [0.15, 0.2) is 42.5 Å². The van der Waals surface area contributed by atoms with Gasteiger partial charge >= 0.3 is 0 Å². The third-order valence-corrected chi connectivity index (χ3v) is 4.46. The number of likely N-dealkylation sites (tertiary alicyclic amines) is 1. The fraction of sp³-hybridized carbons (Fsp3) is 0.368. The maximum atomic E-state index is 13.8. The monoisotopic (exact) mass is 327 g/mol. The molecule has 126 valence electrons. The van der Waals surface area contributed by atoms with Gasteiger partial charge in [-0.05, 0) is 43.1 Å². The molecule has 0 saturated carbocycles. The molecular formula is C19H22FN3O. The van der Waals surface area contributed by atoms with Gasteiger partial charge in [-0.2, -0.15) is 0 Å². The second kappa shape index (κ2) is 7.53. The number of piperidine rings is 1. The summed E-state index contributed by atoms with van der Waals surface area (Å²) in [5.41, 5.74) is 7.83. The molecule has 0 radical (unpaired) electrons. The zero-order valence-corrected chi connectivity index (χ0v) is 13.6. The fourth-order valence-electron chi connectivity index (χ4n) is 3.32. The van der Waals surface area contributed by atoms with Crippen molar-refractivity contribution < 1.29 is 9.18 Å². The number of primary amides is 1. The Morgan fingerprint density at radius 1 is 1.25 bits per heavy atom. The molecule has 3 rings (SSSR count). The van der Waals surface area contributed by atoms with Crippen LogP contribution in [0.4, 0.5) is 4.39 Å². The van der Waals surface area contributed by atoms with E-state index in [1.54, 1.807) is 12.1 Å². The summed E-state index contributed by atoms with van der Waals surface area (Å²) in [6.45, 7) is 1.98. The van der Waals surface area contributed by atoms with Gasteiger partial charge in [0.25, 0.3) is 0 Å². The zero-order valence-electron chi connectivity index (χ0n) is 13.6. The molecule has 0 bridgehead atoms. The van der Waals surface area contributed by atoms with Crippen LogP contribution in [-0.2, 0) is 11.2 Å². The highest BCUT2D eigenvalue weighted by molar-refractivity contribution is 5.75. The lowest BCUT2D eigenvalue weighted by Gasteiger charge is -2.31. The largest absolute Gasteiger partial charge is 0.369 e. The molecule has 1 aliphatic heterocycles. The van der Waals surface area contributed by atoms with Gasteiger partial charge in [-0.25, -0.2) is 4.39 Å². The quantitative estimate of drug-likeness (QED) is 0.918. The third-order valence-electron chi connectivity index (χ3n) is 4.46. The van der Waals surface area contributed by atoms with Crippen molar-refractivity contribution in [3.8, 4) is 0 Å². The van der Waals surface area contributed by atoms with Crippen LogP contribution in [0.25, 0.3) is 0 Å². The third kappa shape index (κ3) is 4.17. The number of nitrogens with two attached hydrogens (primary N) is 1. The molecule has 1 amide bonds. The average molecular weight is 327 g/mol. The molecule has 2 heterocycles. The van der Waals surface area contributed by atoms with Crippen LogP contribution in [0.3, 0.4) is 0 Å². The second-order valence-electron chi connectivity index (χ2n) is 6.36. The van der Waals surface area contributed by atoms with E-state index in [4.69, 9.17) is 10.7 Å². The molecule has 24 heavy (non-hydrogen) atoms. The maximum Gasteiger partial charge on any atom is 0.231 e. The number of hydrogen-bond donors (Lipinski definition) is 1. The number of amides is 1. The molecule has 4 nitrogen and oxygen atoms in total. The van der Waals surface area contributed by atoms with Gasteiger partial charge in [0, 0.05) is 30.3 Å². The minimum atomic E-state index is -0.295. The van der Waals surface area contributed by atoms with Crippen LogP contribution in [0.5, 0.6) is 0 Å². The summed E-state index contributed by atoms with van der Waals surface area (Å²) in [7, 11) is 0. The Labute approximate surface area is 141 Å². The summed E-state index contributed by atoms with van der Waals surface area (Å²) < 4.78 is 13.8. The number of pyridine rings is 1. The Balaban J connectivity index is 1.73. The van der Waals surface area contributed by atoms with Crippen molar-refractivity contribution in [1.82, 2.24) is 9.88 Å². The first kappa shape index (κ1) is 16.6. The Morgan fingerprint density at radius 3 is 2.88 bits per heavy atom. The fourth-order valence-corrected chi connectivity index (χ4v) is 3.32. The molecule has 0 aliphatic carbocycles. The number of carbonyl (C=O) groups excluding carboxylic acids is 1. The topological polar surface area (TPSA) is 59.2 Å². The van der Waals surface area contributed by atoms with Crippen LogP contribution in [0.2, 0.25) is 0 Å². The van der Waals surface area contributed by atoms with E-state index < -0.39 is 0 Å². The first-order valence-corrected chi connectivity index (χ1v) is 8.31. The van der Waals surface area contributed by atoms with E-state index in [0.717, 1.165) is 37.3 Å². The van der Waals surface area contributed by atoms with E-state index in [9.17, 15) is 9.18 Å². The van der Waals surface area contributed by atoms with Crippen molar-refractivity contribution in [1.29, 1.82) is 0 Å². The van der Waals surface area contributed by atoms with Crippen LogP contribution in [0, 0.1) is 5.82 Å². The molecule has 2 N–H and O–H groups in total. The highest BCUT2D eigenvalue weighted by Gasteiger charge is 2.23. The Kier molecular flexibility index (Phi) is 5.20. The molecule has 1 aliphatic rings. The Morgan fingerprint density at radius 2 is 2.08 bits per heavy atom. The average Bonchev–Trinajstić information content (AvgIpc) is 2.57. The van der Waals surface area contributed by atoms with Crippen LogP contribution >= 0.6 is 0 Å². The van der Waals surface area contributed by atoms with E-state index in [2.05, 4.69) is 4.90 Å². The normalized spacial score (nSPS) is 18.5.